The van der Waals surface area contributed by atoms with E-state index >= 15 is 0 Å². The van der Waals surface area contributed by atoms with E-state index in [1.807, 2.05) is 0 Å². The molecule has 4 rings (SSSR count). The lowest BCUT2D eigenvalue weighted by atomic mass is 9.86. The summed E-state index contributed by atoms with van der Waals surface area (Å²) in [6.45, 7) is 4.38. The summed E-state index contributed by atoms with van der Waals surface area (Å²) in [5.74, 6) is -2.91. The van der Waals surface area contributed by atoms with Crippen molar-refractivity contribution < 1.29 is 27.0 Å². The van der Waals surface area contributed by atoms with Crippen LogP contribution in [0.15, 0.2) is 24.3 Å². The first-order valence-electron chi connectivity index (χ1n) is 12.7. The van der Waals surface area contributed by atoms with E-state index in [0.717, 1.165) is 18.3 Å². The first-order chi connectivity index (χ1) is 16.5. The molecule has 2 nitrogen and oxygen atoms in total. The number of ether oxygens (including phenoxy) is 2. The minimum absolute atomic E-state index is 0.160. The van der Waals surface area contributed by atoms with E-state index in [0.29, 0.717) is 18.4 Å². The number of halogens is 4. The molecule has 2 aliphatic carbocycles. The minimum atomic E-state index is -1.27. The molecule has 0 N–H and O–H groups in total. The minimum Gasteiger partial charge on any atom is -0.491 e. The molecule has 0 aromatic heterocycles. The number of rotatable bonds is 10. The fraction of sp³-hybridized carbons (Fsp3) is 0.571. The molecule has 2 aromatic rings. The highest BCUT2D eigenvalue weighted by atomic mass is 19.2. The van der Waals surface area contributed by atoms with Gasteiger partial charge in [-0.15, -0.1) is 0 Å². The zero-order valence-corrected chi connectivity index (χ0v) is 20.0. The largest absolute Gasteiger partial charge is 0.491 e. The van der Waals surface area contributed by atoms with Crippen molar-refractivity contribution in [3.63, 3.8) is 0 Å². The molecule has 0 heterocycles. The molecule has 4 atom stereocenters. The maximum Gasteiger partial charge on any atom is 0.201 e. The molecule has 34 heavy (non-hydrogen) atoms. The maximum absolute atomic E-state index is 14.8. The summed E-state index contributed by atoms with van der Waals surface area (Å²) in [6, 6.07) is 4.95. The second-order valence-electron chi connectivity index (χ2n) is 9.72. The third kappa shape index (κ3) is 4.92. The van der Waals surface area contributed by atoms with Crippen molar-refractivity contribution in [1.82, 2.24) is 0 Å². The van der Waals surface area contributed by atoms with Crippen LogP contribution >= 0.6 is 0 Å². The third-order valence-electron chi connectivity index (χ3n) is 7.82. The predicted molar refractivity (Wildman–Crippen MR) is 125 cm³/mol. The molecule has 0 saturated heterocycles. The molecular formula is C28H34F4O2. The predicted octanol–water partition coefficient (Wildman–Crippen LogP) is 8.32. The van der Waals surface area contributed by atoms with Crippen molar-refractivity contribution in [2.45, 2.75) is 65.2 Å². The first kappa shape index (κ1) is 24.9. The van der Waals surface area contributed by atoms with Crippen LogP contribution in [0.2, 0.25) is 0 Å². The van der Waals surface area contributed by atoms with Gasteiger partial charge in [0.25, 0.3) is 0 Å². The summed E-state index contributed by atoms with van der Waals surface area (Å²) >= 11 is 0. The molecule has 2 aromatic carbocycles. The number of unbranched alkanes of at least 4 members (excludes halogenated alkanes) is 2. The van der Waals surface area contributed by atoms with Crippen molar-refractivity contribution in [2.24, 2.45) is 23.7 Å². The highest BCUT2D eigenvalue weighted by molar-refractivity contribution is 5.67. The number of hydrogen-bond donors (Lipinski definition) is 0. The smallest absolute Gasteiger partial charge is 0.201 e. The van der Waals surface area contributed by atoms with Gasteiger partial charge in [-0.3, -0.25) is 0 Å². The monoisotopic (exact) mass is 478 g/mol. The summed E-state index contributed by atoms with van der Waals surface area (Å²) in [7, 11) is 0. The third-order valence-corrected chi connectivity index (χ3v) is 7.82. The highest BCUT2D eigenvalue weighted by Gasteiger charge is 2.44. The van der Waals surface area contributed by atoms with E-state index < -0.39 is 23.3 Å². The van der Waals surface area contributed by atoms with E-state index in [1.165, 1.54) is 69.2 Å². The fourth-order valence-electron chi connectivity index (χ4n) is 6.12. The summed E-state index contributed by atoms with van der Waals surface area (Å²) in [5.41, 5.74) is -0.710. The summed E-state index contributed by atoms with van der Waals surface area (Å²) in [4.78, 5) is 0. The Labute approximate surface area is 199 Å². The van der Waals surface area contributed by atoms with Gasteiger partial charge in [0.15, 0.2) is 23.1 Å². The molecule has 0 amide bonds. The van der Waals surface area contributed by atoms with Gasteiger partial charge >= 0.3 is 0 Å². The molecule has 2 aliphatic rings. The van der Waals surface area contributed by atoms with Crippen molar-refractivity contribution in [3.05, 3.63) is 47.5 Å². The van der Waals surface area contributed by atoms with Crippen LogP contribution in [-0.2, 0) is 0 Å². The van der Waals surface area contributed by atoms with E-state index in [-0.39, 0.29) is 29.2 Å². The molecule has 0 bridgehead atoms. The zero-order valence-electron chi connectivity index (χ0n) is 20.0. The Balaban J connectivity index is 1.42. The van der Waals surface area contributed by atoms with E-state index in [4.69, 9.17) is 9.47 Å². The van der Waals surface area contributed by atoms with Crippen molar-refractivity contribution in [2.75, 3.05) is 13.2 Å². The number of fused-ring (bicyclic) bond motifs is 1. The van der Waals surface area contributed by atoms with Gasteiger partial charge in [-0.25, -0.2) is 8.78 Å². The van der Waals surface area contributed by atoms with Crippen LogP contribution in [0.3, 0.4) is 0 Å². The SMILES string of the molecule is CCCCCC1CCC2C(COc3ccc(-c4ccc(OCC)c(F)c4F)c(F)c3F)CCC12. The second kappa shape index (κ2) is 11.0. The lowest BCUT2D eigenvalue weighted by Crippen LogP contribution is -2.19. The van der Waals surface area contributed by atoms with Crippen molar-refractivity contribution in [3.8, 4) is 22.6 Å². The summed E-state index contributed by atoms with van der Waals surface area (Å²) in [6.07, 6.45) is 9.80. The van der Waals surface area contributed by atoms with Crippen LogP contribution < -0.4 is 9.47 Å². The van der Waals surface area contributed by atoms with Gasteiger partial charge in [0.05, 0.1) is 13.2 Å². The van der Waals surface area contributed by atoms with Crippen LogP contribution in [0, 0.1) is 46.9 Å². The lowest BCUT2D eigenvalue weighted by Gasteiger charge is -2.21. The average Bonchev–Trinajstić information content (AvgIpc) is 3.42. The fourth-order valence-corrected chi connectivity index (χ4v) is 6.12. The van der Waals surface area contributed by atoms with Crippen LogP contribution in [0.4, 0.5) is 17.6 Å². The summed E-state index contributed by atoms with van der Waals surface area (Å²) in [5, 5.41) is 0. The van der Waals surface area contributed by atoms with Crippen LogP contribution in [0.25, 0.3) is 11.1 Å². The molecule has 0 aliphatic heterocycles. The molecule has 0 spiro atoms. The quantitative estimate of drug-likeness (QED) is 0.252. The Morgan fingerprint density at radius 2 is 1.24 bits per heavy atom. The molecule has 6 heteroatoms. The van der Waals surface area contributed by atoms with Crippen LogP contribution in [0.1, 0.15) is 65.2 Å². The maximum atomic E-state index is 14.8. The molecule has 4 unspecified atom stereocenters. The Morgan fingerprint density at radius 1 is 0.676 bits per heavy atom. The molecule has 186 valence electrons. The van der Waals surface area contributed by atoms with Gasteiger partial charge in [-0.2, -0.15) is 8.78 Å². The van der Waals surface area contributed by atoms with E-state index in [2.05, 4.69) is 6.92 Å². The van der Waals surface area contributed by atoms with Crippen LogP contribution in [-0.4, -0.2) is 13.2 Å². The number of benzene rings is 2. The molecular weight excluding hydrogens is 444 g/mol. The Hall–Kier alpha value is -2.24. The Kier molecular flexibility index (Phi) is 8.05. The number of hydrogen-bond acceptors (Lipinski definition) is 2. The molecule has 0 radical (unpaired) electrons. The van der Waals surface area contributed by atoms with Crippen molar-refractivity contribution >= 4 is 0 Å². The molecule has 2 fully saturated rings. The van der Waals surface area contributed by atoms with Gasteiger partial charge in [0, 0.05) is 11.1 Å². The van der Waals surface area contributed by atoms with Crippen LogP contribution in [0.5, 0.6) is 11.5 Å². The average molecular weight is 479 g/mol. The standard InChI is InChI=1S/C28H34F4O2/c1-3-5-6-7-17-8-10-20-18(9-11-19(17)20)16-34-24-15-13-22(26(30)28(24)32)21-12-14-23(33-4-2)27(31)25(21)29/h12-15,17-20H,3-11,16H2,1-2H3. The lowest BCUT2D eigenvalue weighted by molar-refractivity contribution is 0.194. The van der Waals surface area contributed by atoms with Gasteiger partial charge in [0.2, 0.25) is 11.6 Å². The van der Waals surface area contributed by atoms with Crippen molar-refractivity contribution in [1.29, 1.82) is 0 Å². The van der Waals surface area contributed by atoms with Gasteiger partial charge < -0.3 is 9.47 Å². The normalized spacial score (nSPS) is 23.8. The van der Waals surface area contributed by atoms with Gasteiger partial charge in [0.1, 0.15) is 0 Å². The Bertz CT molecular complexity index is 993. The van der Waals surface area contributed by atoms with Gasteiger partial charge in [-0.1, -0.05) is 32.6 Å². The van der Waals surface area contributed by atoms with Gasteiger partial charge in [-0.05, 0) is 80.5 Å². The highest BCUT2D eigenvalue weighted by Crippen LogP contribution is 2.52. The Morgan fingerprint density at radius 3 is 1.82 bits per heavy atom. The topological polar surface area (TPSA) is 18.5 Å². The second-order valence-corrected chi connectivity index (χ2v) is 9.72. The first-order valence-corrected chi connectivity index (χ1v) is 12.7. The van der Waals surface area contributed by atoms with E-state index in [1.54, 1.807) is 6.92 Å². The summed E-state index contributed by atoms with van der Waals surface area (Å²) < 4.78 is 69.2. The van der Waals surface area contributed by atoms with E-state index in [9.17, 15) is 17.6 Å². The zero-order chi connectivity index (χ0) is 24.2. The molecule has 2 saturated carbocycles.